The van der Waals surface area contributed by atoms with Crippen LogP contribution in [0.1, 0.15) is 11.3 Å². The summed E-state index contributed by atoms with van der Waals surface area (Å²) in [5.74, 6) is -0.187. The molecule has 94 valence electrons. The highest BCUT2D eigenvalue weighted by Gasteiger charge is 2.33. The van der Waals surface area contributed by atoms with Crippen LogP contribution in [0.4, 0.5) is 13.2 Å². The third kappa shape index (κ3) is 2.26. The van der Waals surface area contributed by atoms with Crippen LogP contribution in [-0.4, -0.2) is 10.1 Å². The van der Waals surface area contributed by atoms with Gasteiger partial charge in [-0.1, -0.05) is 18.2 Å². The Kier molecular flexibility index (Phi) is 2.94. The van der Waals surface area contributed by atoms with Gasteiger partial charge >= 0.3 is 6.18 Å². The molecule has 6 heteroatoms. The van der Waals surface area contributed by atoms with Gasteiger partial charge in [0.05, 0.1) is 10.5 Å². The van der Waals surface area contributed by atoms with E-state index in [0.29, 0.717) is 10.9 Å². The number of rotatable bonds is 1. The lowest BCUT2D eigenvalue weighted by atomic mass is 10.1. The maximum absolute atomic E-state index is 12.5. The summed E-state index contributed by atoms with van der Waals surface area (Å²) in [4.78, 5) is 3.49. The summed E-state index contributed by atoms with van der Waals surface area (Å²) >= 11 is 5.79. The zero-order chi connectivity index (χ0) is 13.5. The van der Waals surface area contributed by atoms with Crippen LogP contribution in [0.3, 0.4) is 0 Å². The normalized spacial score (nSPS) is 11.8. The van der Waals surface area contributed by atoms with Crippen molar-refractivity contribution in [3.05, 3.63) is 47.1 Å². The molecule has 1 aromatic carbocycles. The molecular formula is C12H7ClF3NO. The quantitative estimate of drug-likeness (QED) is 0.780. The molecule has 0 amide bonds. The summed E-state index contributed by atoms with van der Waals surface area (Å²) in [5.41, 5.74) is -0.554. The van der Waals surface area contributed by atoms with Crippen molar-refractivity contribution in [1.29, 1.82) is 0 Å². The molecule has 0 aliphatic rings. The Bertz CT molecular complexity index is 637. The standard InChI is InChI=1S/C12H7ClF3NO/c1-6(18)7-2-3-10-8(4-7)9(13)5-11(17-10)12(14,15)16/h2-5,18H,1H2. The minimum absolute atomic E-state index is 0.0737. The first-order chi connectivity index (χ1) is 8.29. The summed E-state index contributed by atoms with van der Waals surface area (Å²) < 4.78 is 37.6. The van der Waals surface area contributed by atoms with E-state index in [9.17, 15) is 18.3 Å². The van der Waals surface area contributed by atoms with Gasteiger partial charge in [0.25, 0.3) is 0 Å². The molecule has 0 aliphatic heterocycles. The Balaban J connectivity index is 2.70. The average molecular weight is 274 g/mol. The van der Waals surface area contributed by atoms with Gasteiger partial charge in [-0.25, -0.2) is 4.98 Å². The summed E-state index contributed by atoms with van der Waals surface area (Å²) in [6.45, 7) is 3.33. The maximum atomic E-state index is 12.5. The number of hydrogen-bond donors (Lipinski definition) is 1. The first-order valence-corrected chi connectivity index (χ1v) is 5.22. The third-order valence-corrected chi connectivity index (χ3v) is 2.69. The molecule has 2 nitrogen and oxygen atoms in total. The number of fused-ring (bicyclic) bond motifs is 1. The molecule has 1 heterocycles. The van der Waals surface area contributed by atoms with Gasteiger partial charge in [0, 0.05) is 10.9 Å². The lowest BCUT2D eigenvalue weighted by Crippen LogP contribution is -2.08. The van der Waals surface area contributed by atoms with E-state index in [4.69, 9.17) is 11.6 Å². The van der Waals surface area contributed by atoms with Crippen LogP contribution >= 0.6 is 11.6 Å². The van der Waals surface area contributed by atoms with Crippen molar-refractivity contribution < 1.29 is 18.3 Å². The molecule has 0 fully saturated rings. The molecule has 0 bridgehead atoms. The van der Waals surface area contributed by atoms with Crippen molar-refractivity contribution in [2.75, 3.05) is 0 Å². The molecule has 0 radical (unpaired) electrons. The van der Waals surface area contributed by atoms with E-state index in [2.05, 4.69) is 11.6 Å². The summed E-state index contributed by atoms with van der Waals surface area (Å²) in [6, 6.07) is 4.97. The van der Waals surface area contributed by atoms with E-state index in [1.807, 2.05) is 0 Å². The Morgan fingerprint density at radius 3 is 2.50 bits per heavy atom. The van der Waals surface area contributed by atoms with Gasteiger partial charge < -0.3 is 5.11 Å². The van der Waals surface area contributed by atoms with Gasteiger partial charge in [-0.05, 0) is 24.3 Å². The SMILES string of the molecule is C=C(O)c1ccc2nc(C(F)(F)F)cc(Cl)c2c1. The van der Waals surface area contributed by atoms with Crippen molar-refractivity contribution in [3.63, 3.8) is 0 Å². The zero-order valence-corrected chi connectivity index (χ0v) is 9.68. The molecule has 1 aromatic heterocycles. The smallest absolute Gasteiger partial charge is 0.433 e. The second-order valence-corrected chi connectivity index (χ2v) is 4.07. The van der Waals surface area contributed by atoms with E-state index in [0.717, 1.165) is 6.07 Å². The lowest BCUT2D eigenvalue weighted by molar-refractivity contribution is -0.140. The van der Waals surface area contributed by atoms with Gasteiger partial charge in [0.15, 0.2) is 0 Å². The van der Waals surface area contributed by atoms with Gasteiger partial charge in [0.1, 0.15) is 11.5 Å². The number of benzene rings is 1. The molecule has 0 atom stereocenters. The van der Waals surface area contributed by atoms with Gasteiger partial charge in [-0.15, -0.1) is 0 Å². The predicted molar refractivity (Wildman–Crippen MR) is 63.4 cm³/mol. The maximum Gasteiger partial charge on any atom is 0.433 e. The van der Waals surface area contributed by atoms with Crippen LogP contribution < -0.4 is 0 Å². The second kappa shape index (κ2) is 4.17. The van der Waals surface area contributed by atoms with Gasteiger partial charge in [-0.3, -0.25) is 0 Å². The van der Waals surface area contributed by atoms with Crippen LogP contribution in [0, 0.1) is 0 Å². The topological polar surface area (TPSA) is 33.1 Å². The lowest BCUT2D eigenvalue weighted by Gasteiger charge is -2.09. The summed E-state index contributed by atoms with van der Waals surface area (Å²) in [6.07, 6.45) is -4.54. The second-order valence-electron chi connectivity index (χ2n) is 3.67. The molecule has 18 heavy (non-hydrogen) atoms. The molecule has 0 spiro atoms. The zero-order valence-electron chi connectivity index (χ0n) is 8.92. The highest BCUT2D eigenvalue weighted by Crippen LogP contribution is 2.33. The molecule has 0 unspecified atom stereocenters. The molecule has 2 aromatic rings. The summed E-state index contributed by atoms with van der Waals surface area (Å²) in [5, 5.41) is 9.48. The van der Waals surface area contributed by atoms with Crippen molar-refractivity contribution in [2.24, 2.45) is 0 Å². The Morgan fingerprint density at radius 1 is 1.28 bits per heavy atom. The number of nitrogens with zero attached hydrogens (tertiary/aromatic N) is 1. The Labute approximate surface area is 105 Å². The van der Waals surface area contributed by atoms with Crippen molar-refractivity contribution >= 4 is 28.3 Å². The molecule has 0 saturated heterocycles. The fourth-order valence-electron chi connectivity index (χ4n) is 1.51. The first-order valence-electron chi connectivity index (χ1n) is 4.85. The Morgan fingerprint density at radius 2 is 1.94 bits per heavy atom. The number of pyridine rings is 1. The number of alkyl halides is 3. The van der Waals surface area contributed by atoms with Crippen molar-refractivity contribution in [3.8, 4) is 0 Å². The third-order valence-electron chi connectivity index (χ3n) is 2.38. The average Bonchev–Trinajstić information content (AvgIpc) is 2.27. The minimum atomic E-state index is -4.54. The monoisotopic (exact) mass is 273 g/mol. The van der Waals surface area contributed by atoms with E-state index in [1.54, 1.807) is 0 Å². The van der Waals surface area contributed by atoms with Crippen molar-refractivity contribution in [1.82, 2.24) is 4.98 Å². The van der Waals surface area contributed by atoms with Crippen LogP contribution in [0.2, 0.25) is 5.02 Å². The van der Waals surface area contributed by atoms with Gasteiger partial charge in [0.2, 0.25) is 0 Å². The largest absolute Gasteiger partial charge is 0.508 e. The van der Waals surface area contributed by atoms with Crippen LogP contribution in [0.5, 0.6) is 0 Å². The fourth-order valence-corrected chi connectivity index (χ4v) is 1.76. The van der Waals surface area contributed by atoms with Crippen LogP contribution in [-0.2, 0) is 6.18 Å². The fraction of sp³-hybridized carbons (Fsp3) is 0.0833. The predicted octanol–water partition coefficient (Wildman–Crippen LogP) is 4.44. The number of hydrogen-bond acceptors (Lipinski definition) is 2. The highest BCUT2D eigenvalue weighted by atomic mass is 35.5. The van der Waals surface area contributed by atoms with Crippen LogP contribution in [0.15, 0.2) is 30.8 Å². The molecular weight excluding hydrogens is 267 g/mol. The molecule has 0 saturated carbocycles. The Hall–Kier alpha value is -1.75. The van der Waals surface area contributed by atoms with E-state index in [1.165, 1.54) is 18.2 Å². The number of aliphatic hydroxyl groups excluding tert-OH is 1. The summed E-state index contributed by atoms with van der Waals surface area (Å²) in [7, 11) is 0. The van der Waals surface area contributed by atoms with E-state index in [-0.39, 0.29) is 16.3 Å². The van der Waals surface area contributed by atoms with Crippen molar-refractivity contribution in [2.45, 2.75) is 6.18 Å². The number of halogens is 4. The highest BCUT2D eigenvalue weighted by molar-refractivity contribution is 6.35. The molecule has 2 rings (SSSR count). The van der Waals surface area contributed by atoms with Gasteiger partial charge in [-0.2, -0.15) is 13.2 Å². The van der Waals surface area contributed by atoms with Crippen LogP contribution in [0.25, 0.3) is 16.7 Å². The first kappa shape index (κ1) is 12.7. The minimum Gasteiger partial charge on any atom is -0.508 e. The molecule has 0 aliphatic carbocycles. The molecule has 1 N–H and O–H groups in total. The number of aliphatic hydroxyl groups is 1. The van der Waals surface area contributed by atoms with E-state index >= 15 is 0 Å². The van der Waals surface area contributed by atoms with E-state index < -0.39 is 11.9 Å². The number of aromatic nitrogens is 1.